The van der Waals surface area contributed by atoms with E-state index >= 15 is 0 Å². The molecule has 2 saturated carbocycles. The Hall–Kier alpha value is -1.96. The fraction of sp³-hybridized carbons (Fsp3) is 0.400. The molecular weight excluding hydrogens is 397 g/mol. The molecule has 0 saturated heterocycles. The molecule has 2 aromatic rings. The van der Waals surface area contributed by atoms with Gasteiger partial charge in [0.05, 0.1) is 6.04 Å². The summed E-state index contributed by atoms with van der Waals surface area (Å²) in [5, 5.41) is 13.2. The van der Waals surface area contributed by atoms with Crippen molar-refractivity contribution in [2.24, 2.45) is 17.8 Å². The quantitative estimate of drug-likeness (QED) is 0.501. The van der Waals surface area contributed by atoms with Crippen LogP contribution in [0.5, 0.6) is 5.75 Å². The average molecular weight is 417 g/mol. The Morgan fingerprint density at radius 2 is 1.68 bits per heavy atom. The number of halogens is 5. The van der Waals surface area contributed by atoms with Gasteiger partial charge in [0.1, 0.15) is 10.6 Å². The number of anilines is 1. The summed E-state index contributed by atoms with van der Waals surface area (Å²) >= 11 is 0. The zero-order valence-electron chi connectivity index (χ0n) is 14.8. The van der Waals surface area contributed by atoms with E-state index in [0.29, 0.717) is 29.3 Å². The molecule has 0 radical (unpaired) electrons. The molecule has 28 heavy (non-hydrogen) atoms. The van der Waals surface area contributed by atoms with Crippen LogP contribution in [0, 0.1) is 17.8 Å². The molecule has 2 N–H and O–H groups in total. The Balaban J connectivity index is 1.65. The van der Waals surface area contributed by atoms with Gasteiger partial charge in [-0.3, -0.25) is 0 Å². The van der Waals surface area contributed by atoms with Crippen molar-refractivity contribution in [2.45, 2.75) is 36.1 Å². The molecule has 2 nitrogen and oxygen atoms in total. The Kier molecular flexibility index (Phi) is 3.20. The molecule has 0 aromatic heterocycles. The summed E-state index contributed by atoms with van der Waals surface area (Å²) in [6.45, 7) is 0. The second-order valence-electron chi connectivity index (χ2n) is 8.37. The van der Waals surface area contributed by atoms with Gasteiger partial charge in [-0.05, 0) is 84.4 Å². The zero-order chi connectivity index (χ0) is 20.0. The van der Waals surface area contributed by atoms with Crippen molar-refractivity contribution < 1.29 is 24.5 Å². The molecule has 0 unspecified atom stereocenters. The maximum Gasteiger partial charge on any atom is 0.310 e. The van der Waals surface area contributed by atoms with Crippen LogP contribution >= 0.6 is 10.2 Å². The first-order valence-corrected chi connectivity index (χ1v) is 11.3. The topological polar surface area (TPSA) is 32.3 Å². The number of aromatic hydroxyl groups is 1. The molecule has 1 aliphatic heterocycles. The van der Waals surface area contributed by atoms with Crippen LogP contribution in [0.3, 0.4) is 0 Å². The first-order valence-electron chi connectivity index (χ1n) is 9.34. The van der Waals surface area contributed by atoms with Gasteiger partial charge in [0.25, 0.3) is 0 Å². The zero-order valence-corrected chi connectivity index (χ0v) is 15.6. The second-order valence-corrected chi connectivity index (χ2v) is 10.8. The fourth-order valence-electron chi connectivity index (χ4n) is 5.75. The standard InChI is InChI=1S/C20H20F5NOS/c21-28(22,23,24,25)15-6-7-17-16(10-15)18-11-4-5-12(8-11)19(18)20(26-17)13-2-1-3-14(27)9-13/h1-3,6-7,9-12,18-20,26-27H,4-5,8H2/t11-,12+,18-,19-,20+/m1/s1. The highest BCUT2D eigenvalue weighted by Gasteiger charge is 2.66. The minimum absolute atomic E-state index is 0.0295. The Labute approximate surface area is 159 Å². The third-order valence-electron chi connectivity index (χ3n) is 6.73. The van der Waals surface area contributed by atoms with E-state index in [9.17, 15) is 24.5 Å². The number of benzene rings is 2. The lowest BCUT2D eigenvalue weighted by molar-refractivity contribution is 0.247. The Morgan fingerprint density at radius 1 is 0.929 bits per heavy atom. The van der Waals surface area contributed by atoms with E-state index in [0.717, 1.165) is 30.9 Å². The molecule has 2 bridgehead atoms. The summed E-state index contributed by atoms with van der Waals surface area (Å²) in [7, 11) is -9.72. The van der Waals surface area contributed by atoms with Crippen LogP contribution < -0.4 is 5.32 Å². The monoisotopic (exact) mass is 417 g/mol. The lowest BCUT2D eigenvalue weighted by atomic mass is 9.68. The largest absolute Gasteiger partial charge is 0.508 e. The number of fused-ring (bicyclic) bond motifs is 7. The van der Waals surface area contributed by atoms with Gasteiger partial charge in [-0.15, -0.1) is 0 Å². The summed E-state index contributed by atoms with van der Waals surface area (Å²) in [6, 6.07) is 9.00. The van der Waals surface area contributed by atoms with E-state index in [4.69, 9.17) is 0 Å². The van der Waals surface area contributed by atoms with Gasteiger partial charge < -0.3 is 10.4 Å². The van der Waals surface area contributed by atoms with E-state index in [-0.39, 0.29) is 29.5 Å². The molecule has 5 atom stereocenters. The van der Waals surface area contributed by atoms with E-state index in [1.807, 2.05) is 6.07 Å². The van der Waals surface area contributed by atoms with Crippen molar-refractivity contribution in [2.75, 3.05) is 5.32 Å². The van der Waals surface area contributed by atoms with Gasteiger partial charge in [-0.2, -0.15) is 0 Å². The van der Waals surface area contributed by atoms with E-state index in [2.05, 4.69) is 5.32 Å². The summed E-state index contributed by atoms with van der Waals surface area (Å²) in [4.78, 5) is -1.81. The molecule has 8 heteroatoms. The molecule has 2 aromatic carbocycles. The maximum absolute atomic E-state index is 13.4. The minimum Gasteiger partial charge on any atom is -0.508 e. The number of nitrogens with one attached hydrogen (secondary N) is 1. The van der Waals surface area contributed by atoms with Crippen LogP contribution in [0.2, 0.25) is 0 Å². The molecule has 5 rings (SSSR count). The fourth-order valence-corrected chi connectivity index (χ4v) is 6.43. The Bertz CT molecular complexity index is 977. The number of rotatable bonds is 2. The number of hydrogen-bond donors (Lipinski definition) is 2. The predicted octanol–water partition coefficient (Wildman–Crippen LogP) is 7.35. The summed E-state index contributed by atoms with van der Waals surface area (Å²) in [6.07, 6.45) is 2.82. The predicted molar refractivity (Wildman–Crippen MR) is 99.4 cm³/mol. The molecule has 0 spiro atoms. The van der Waals surface area contributed by atoms with Gasteiger partial charge >= 0.3 is 10.2 Å². The van der Waals surface area contributed by atoms with E-state index < -0.39 is 15.1 Å². The minimum atomic E-state index is -9.72. The number of phenolic OH excluding ortho intramolecular Hbond substituents is 1. The molecule has 152 valence electrons. The number of hydrogen-bond acceptors (Lipinski definition) is 2. The molecule has 3 aliphatic rings. The van der Waals surface area contributed by atoms with E-state index in [1.54, 1.807) is 18.2 Å². The lowest BCUT2D eigenvalue weighted by Crippen LogP contribution is -2.35. The molecule has 2 aliphatic carbocycles. The Morgan fingerprint density at radius 3 is 2.39 bits per heavy atom. The van der Waals surface area contributed by atoms with Crippen molar-refractivity contribution in [3.05, 3.63) is 53.6 Å². The van der Waals surface area contributed by atoms with Crippen molar-refractivity contribution in [3.8, 4) is 5.75 Å². The van der Waals surface area contributed by atoms with Gasteiger partial charge in [-0.25, -0.2) is 0 Å². The maximum atomic E-state index is 13.4. The smallest absolute Gasteiger partial charge is 0.310 e. The van der Waals surface area contributed by atoms with Crippen LogP contribution in [0.1, 0.15) is 42.3 Å². The molecule has 1 heterocycles. The summed E-state index contributed by atoms with van der Waals surface area (Å²) in [5.41, 5.74) is 1.71. The first-order chi connectivity index (χ1) is 12.9. The lowest BCUT2D eigenvalue weighted by Gasteiger charge is -2.45. The van der Waals surface area contributed by atoms with Crippen LogP contribution in [0.15, 0.2) is 47.4 Å². The normalized spacial score (nSPS) is 33.4. The van der Waals surface area contributed by atoms with Gasteiger partial charge in [-0.1, -0.05) is 31.6 Å². The average Bonchev–Trinajstić information content (AvgIpc) is 3.21. The van der Waals surface area contributed by atoms with Crippen LogP contribution in [-0.2, 0) is 0 Å². The highest BCUT2D eigenvalue weighted by Crippen LogP contribution is 3.02. The van der Waals surface area contributed by atoms with Crippen molar-refractivity contribution >= 4 is 15.9 Å². The highest BCUT2D eigenvalue weighted by molar-refractivity contribution is 8.45. The summed E-state index contributed by atoms with van der Waals surface area (Å²) < 4.78 is 66.9. The van der Waals surface area contributed by atoms with Gasteiger partial charge in [0.15, 0.2) is 0 Å². The molecule has 0 amide bonds. The van der Waals surface area contributed by atoms with Gasteiger partial charge in [0.2, 0.25) is 0 Å². The SMILES string of the molecule is Oc1cccc([C@@H]2Nc3ccc(S(F)(F)(F)(F)F)cc3[C@H]3[C@@H]4CC[C@@H](C4)[C@H]32)c1. The second kappa shape index (κ2) is 4.96. The molecule has 2 fully saturated rings. The third kappa shape index (κ3) is 2.76. The van der Waals surface area contributed by atoms with Crippen LogP contribution in [-0.4, -0.2) is 5.11 Å². The van der Waals surface area contributed by atoms with Gasteiger partial charge in [0, 0.05) is 5.69 Å². The van der Waals surface area contributed by atoms with Crippen molar-refractivity contribution in [1.29, 1.82) is 0 Å². The third-order valence-corrected chi connectivity index (χ3v) is 7.88. The van der Waals surface area contributed by atoms with E-state index in [1.165, 1.54) is 0 Å². The van der Waals surface area contributed by atoms with Crippen molar-refractivity contribution in [1.82, 2.24) is 0 Å². The van der Waals surface area contributed by atoms with Crippen molar-refractivity contribution in [3.63, 3.8) is 0 Å². The highest BCUT2D eigenvalue weighted by atomic mass is 32.5. The van der Waals surface area contributed by atoms with Crippen LogP contribution in [0.25, 0.3) is 0 Å². The summed E-state index contributed by atoms with van der Waals surface area (Å²) in [5.74, 6) is 0.529. The number of phenols is 1. The molecular formula is C20H20F5NOS. The van der Waals surface area contributed by atoms with Crippen LogP contribution in [0.4, 0.5) is 25.1 Å². The first kappa shape index (κ1) is 18.1.